The fourth-order valence-corrected chi connectivity index (χ4v) is 5.82. The van der Waals surface area contributed by atoms with Crippen LogP contribution in [0.2, 0.25) is 0 Å². The van der Waals surface area contributed by atoms with E-state index < -0.39 is 17.6 Å². The summed E-state index contributed by atoms with van der Waals surface area (Å²) < 4.78 is 41.2. The molecule has 13 heteroatoms. The summed E-state index contributed by atoms with van der Waals surface area (Å²) in [5, 5.41) is 14.6. The molecular weight excluding hydrogens is 573 g/mol. The number of hydrogen-bond acceptors (Lipinski definition) is 7. The van der Waals surface area contributed by atoms with Crippen LogP contribution in [0.5, 0.6) is 0 Å². The van der Waals surface area contributed by atoms with Crippen molar-refractivity contribution in [2.24, 2.45) is 0 Å². The van der Waals surface area contributed by atoms with Gasteiger partial charge in [0, 0.05) is 41.7 Å². The molecule has 2 bridgehead atoms. The zero-order valence-electron chi connectivity index (χ0n) is 23.9. The highest BCUT2D eigenvalue weighted by Gasteiger charge is 2.32. The Kier molecular flexibility index (Phi) is 7.80. The second-order valence-electron chi connectivity index (χ2n) is 11.1. The van der Waals surface area contributed by atoms with Gasteiger partial charge >= 0.3 is 6.18 Å². The molecule has 3 atom stereocenters. The number of fused-ring (bicyclic) bond motifs is 3. The molecule has 3 aromatic heterocycles. The molecule has 228 valence electrons. The molecule has 2 amide bonds. The second-order valence-corrected chi connectivity index (χ2v) is 11.1. The average molecular weight is 605 g/mol. The van der Waals surface area contributed by atoms with E-state index >= 15 is 0 Å². The van der Waals surface area contributed by atoms with E-state index in [4.69, 9.17) is 10.8 Å². The van der Waals surface area contributed by atoms with Crippen LogP contribution in [-0.2, 0) is 11.0 Å². The SMILES string of the molecule is CC1NC/C=C/c2cnc(N)c3c(-c4ccc(C(=O)Nc5cc(C(F)(F)F)ccn5)cc4)nn(c23)[C@@H]2CCC[C@H](C2)NC1=O. The molecule has 0 spiro atoms. The van der Waals surface area contributed by atoms with Gasteiger partial charge in [-0.1, -0.05) is 24.3 Å². The maximum Gasteiger partial charge on any atom is 0.416 e. The number of nitrogens with zero attached hydrogens (tertiary/aromatic N) is 4. The molecule has 1 saturated carbocycles. The highest BCUT2D eigenvalue weighted by Crippen LogP contribution is 2.39. The van der Waals surface area contributed by atoms with Crippen molar-refractivity contribution in [3.05, 3.63) is 71.6 Å². The molecule has 1 aromatic carbocycles. The number of nitrogen functional groups attached to an aromatic ring is 1. The van der Waals surface area contributed by atoms with Crippen LogP contribution in [0.4, 0.5) is 24.8 Å². The van der Waals surface area contributed by atoms with E-state index in [1.54, 1.807) is 30.5 Å². The Balaban J connectivity index is 1.36. The van der Waals surface area contributed by atoms with Crippen molar-refractivity contribution in [2.75, 3.05) is 17.6 Å². The molecule has 0 radical (unpaired) electrons. The number of nitrogens with two attached hydrogens (primary N) is 1. The van der Waals surface area contributed by atoms with Gasteiger partial charge in [-0.05, 0) is 56.9 Å². The lowest BCUT2D eigenvalue weighted by Gasteiger charge is -2.31. The lowest BCUT2D eigenvalue weighted by molar-refractivity contribution is -0.137. The van der Waals surface area contributed by atoms with Crippen molar-refractivity contribution in [1.29, 1.82) is 0 Å². The molecule has 5 N–H and O–H groups in total. The number of benzene rings is 1. The predicted octanol–water partition coefficient (Wildman–Crippen LogP) is 4.95. The number of anilines is 2. The van der Waals surface area contributed by atoms with Gasteiger partial charge in [0.15, 0.2) is 0 Å². The summed E-state index contributed by atoms with van der Waals surface area (Å²) in [6.45, 7) is 2.33. The van der Waals surface area contributed by atoms with E-state index in [1.165, 1.54) is 0 Å². The van der Waals surface area contributed by atoms with Crippen LogP contribution < -0.4 is 21.7 Å². The number of hydrogen-bond donors (Lipinski definition) is 4. The van der Waals surface area contributed by atoms with Crippen LogP contribution in [0, 0.1) is 0 Å². The first kappa shape index (κ1) is 29.3. The monoisotopic (exact) mass is 604 g/mol. The maximum atomic E-state index is 13.1. The fraction of sp³-hybridized carbons (Fsp3) is 0.323. The van der Waals surface area contributed by atoms with E-state index in [2.05, 4.69) is 25.9 Å². The third-order valence-electron chi connectivity index (χ3n) is 8.10. The quantitative estimate of drug-likeness (QED) is 0.259. The summed E-state index contributed by atoms with van der Waals surface area (Å²) in [5.41, 5.74) is 8.74. The maximum absolute atomic E-state index is 13.1. The Bertz CT molecular complexity index is 1750. The molecule has 2 aliphatic rings. The Hall–Kier alpha value is -4.78. The first-order valence-corrected chi connectivity index (χ1v) is 14.4. The summed E-state index contributed by atoms with van der Waals surface area (Å²) in [5.74, 6) is -0.532. The minimum atomic E-state index is -4.56. The number of carbonyl (C=O) groups is 2. The molecule has 10 nitrogen and oxygen atoms in total. The molecule has 4 aromatic rings. The molecule has 1 aliphatic heterocycles. The van der Waals surface area contributed by atoms with Crippen molar-refractivity contribution in [3.63, 3.8) is 0 Å². The predicted molar refractivity (Wildman–Crippen MR) is 161 cm³/mol. The Labute approximate surface area is 250 Å². The van der Waals surface area contributed by atoms with Gasteiger partial charge in [0.25, 0.3) is 5.91 Å². The number of halogens is 3. The molecule has 1 aliphatic carbocycles. The van der Waals surface area contributed by atoms with Gasteiger partial charge in [-0.25, -0.2) is 9.97 Å². The molecule has 44 heavy (non-hydrogen) atoms. The summed E-state index contributed by atoms with van der Waals surface area (Å²) in [4.78, 5) is 33.9. The van der Waals surface area contributed by atoms with Gasteiger partial charge < -0.3 is 21.7 Å². The van der Waals surface area contributed by atoms with E-state index in [-0.39, 0.29) is 35.4 Å². The fourth-order valence-electron chi connectivity index (χ4n) is 5.82. The third-order valence-corrected chi connectivity index (χ3v) is 8.10. The van der Waals surface area contributed by atoms with Gasteiger partial charge in [0.2, 0.25) is 5.91 Å². The number of alkyl halides is 3. The smallest absolute Gasteiger partial charge is 0.383 e. The normalized spacial score (nSPS) is 21.5. The largest absolute Gasteiger partial charge is 0.416 e. The number of rotatable bonds is 3. The third kappa shape index (κ3) is 5.87. The number of nitrogens with one attached hydrogen (secondary N) is 3. The van der Waals surface area contributed by atoms with E-state index in [1.807, 2.05) is 23.8 Å². The van der Waals surface area contributed by atoms with Crippen LogP contribution in [0.1, 0.15) is 60.1 Å². The number of amides is 2. The highest BCUT2D eigenvalue weighted by molar-refractivity contribution is 6.06. The molecule has 1 fully saturated rings. The number of aromatic nitrogens is 4. The first-order valence-electron chi connectivity index (χ1n) is 14.4. The van der Waals surface area contributed by atoms with E-state index in [0.29, 0.717) is 35.4 Å². The molecule has 1 unspecified atom stereocenters. The minimum Gasteiger partial charge on any atom is -0.383 e. The standard InChI is InChI=1S/C31H31F3N8O2/c1-17-29(43)39-22-5-2-6-23(15-22)42-27-20(4-3-12-36-17)16-38-28(35)25(27)26(41-42)18-7-9-19(10-8-18)30(44)40-24-14-21(11-13-37-24)31(32,33)34/h3-4,7-11,13-14,16-17,22-23,36H,2,5-6,12,15H2,1H3,(H2,35,38)(H,39,43)(H,37,40,44)/b4-3+/t17?,22-,23-/m1/s1. The molecule has 4 heterocycles. The van der Waals surface area contributed by atoms with Crippen molar-refractivity contribution >= 4 is 40.4 Å². The Morgan fingerprint density at radius 2 is 1.93 bits per heavy atom. The summed E-state index contributed by atoms with van der Waals surface area (Å²) in [7, 11) is 0. The number of pyridine rings is 2. The molecule has 6 rings (SSSR count). The summed E-state index contributed by atoms with van der Waals surface area (Å²) in [6, 6.07) is 7.89. The van der Waals surface area contributed by atoms with Crippen molar-refractivity contribution in [2.45, 2.75) is 56.9 Å². The van der Waals surface area contributed by atoms with Gasteiger partial charge in [0.05, 0.1) is 28.6 Å². The van der Waals surface area contributed by atoms with E-state index in [0.717, 1.165) is 48.7 Å². The van der Waals surface area contributed by atoms with Crippen molar-refractivity contribution in [3.8, 4) is 11.3 Å². The Morgan fingerprint density at radius 3 is 2.70 bits per heavy atom. The first-order chi connectivity index (χ1) is 21.1. The van der Waals surface area contributed by atoms with Crippen LogP contribution in [0.25, 0.3) is 28.2 Å². The lowest BCUT2D eigenvalue weighted by atomic mass is 9.90. The lowest BCUT2D eigenvalue weighted by Crippen LogP contribution is -2.47. The van der Waals surface area contributed by atoms with Gasteiger partial charge in [-0.15, -0.1) is 0 Å². The average Bonchev–Trinajstić information content (AvgIpc) is 3.42. The van der Waals surface area contributed by atoms with E-state index in [9.17, 15) is 22.8 Å². The minimum absolute atomic E-state index is 0.00767. The van der Waals surface area contributed by atoms with Crippen LogP contribution in [0.15, 0.2) is 54.9 Å². The van der Waals surface area contributed by atoms with Gasteiger partial charge in [0.1, 0.15) is 17.3 Å². The number of carbonyl (C=O) groups excluding carboxylic acids is 2. The topological polar surface area (TPSA) is 140 Å². The zero-order chi connectivity index (χ0) is 31.0. The Morgan fingerprint density at radius 1 is 1.14 bits per heavy atom. The van der Waals surface area contributed by atoms with Crippen molar-refractivity contribution in [1.82, 2.24) is 30.4 Å². The summed E-state index contributed by atoms with van der Waals surface area (Å²) in [6.07, 6.45) is 5.44. The van der Waals surface area contributed by atoms with Gasteiger partial charge in [-0.2, -0.15) is 18.3 Å². The summed E-state index contributed by atoms with van der Waals surface area (Å²) >= 11 is 0. The zero-order valence-corrected chi connectivity index (χ0v) is 23.9. The highest BCUT2D eigenvalue weighted by atomic mass is 19.4. The molecular formula is C31H31F3N8O2. The van der Waals surface area contributed by atoms with Gasteiger partial charge in [-0.3, -0.25) is 14.3 Å². The molecule has 0 saturated heterocycles. The van der Waals surface area contributed by atoms with Crippen LogP contribution in [0.3, 0.4) is 0 Å². The van der Waals surface area contributed by atoms with Crippen LogP contribution >= 0.6 is 0 Å². The van der Waals surface area contributed by atoms with Crippen molar-refractivity contribution < 1.29 is 22.8 Å². The van der Waals surface area contributed by atoms with Crippen LogP contribution in [-0.4, -0.2) is 50.2 Å². The second kappa shape index (κ2) is 11.7.